The molecular formula is C17H21F3N2O2. The molecule has 1 aromatic carbocycles. The van der Waals surface area contributed by atoms with Crippen molar-refractivity contribution >= 4 is 17.5 Å². The van der Waals surface area contributed by atoms with Crippen LogP contribution in [0.2, 0.25) is 0 Å². The van der Waals surface area contributed by atoms with E-state index in [1.54, 1.807) is 11.9 Å². The minimum absolute atomic E-state index is 0.0127. The highest BCUT2D eigenvalue weighted by atomic mass is 19.4. The maximum atomic E-state index is 13.1. The Morgan fingerprint density at radius 1 is 1.33 bits per heavy atom. The van der Waals surface area contributed by atoms with Crippen molar-refractivity contribution in [2.24, 2.45) is 5.92 Å². The van der Waals surface area contributed by atoms with Crippen LogP contribution in [0, 0.1) is 5.92 Å². The van der Waals surface area contributed by atoms with E-state index in [2.05, 4.69) is 0 Å². The number of hydrogen-bond donors (Lipinski definition) is 0. The molecule has 0 aliphatic carbocycles. The third-order valence-corrected chi connectivity index (χ3v) is 4.20. The predicted octanol–water partition coefficient (Wildman–Crippen LogP) is 3.32. The molecule has 132 valence electrons. The quantitative estimate of drug-likeness (QED) is 0.824. The van der Waals surface area contributed by atoms with Gasteiger partial charge in [0.1, 0.15) is 0 Å². The lowest BCUT2D eigenvalue weighted by atomic mass is 10.1. The van der Waals surface area contributed by atoms with Crippen LogP contribution >= 0.6 is 0 Å². The molecule has 1 heterocycles. The molecule has 1 atom stereocenters. The van der Waals surface area contributed by atoms with Crippen LogP contribution in [0.5, 0.6) is 0 Å². The van der Waals surface area contributed by atoms with E-state index in [4.69, 9.17) is 0 Å². The third-order valence-electron chi connectivity index (χ3n) is 4.20. The number of unbranched alkanes of at least 4 members (excludes halogenated alkanes) is 1. The number of carbonyl (C=O) groups excluding carboxylic acids is 2. The van der Waals surface area contributed by atoms with Gasteiger partial charge in [-0.15, -0.1) is 0 Å². The summed E-state index contributed by atoms with van der Waals surface area (Å²) in [6, 6.07) is 4.97. The lowest BCUT2D eigenvalue weighted by molar-refractivity contribution is -0.137. The first kappa shape index (κ1) is 18.3. The molecule has 1 saturated heterocycles. The molecule has 1 aromatic rings. The van der Waals surface area contributed by atoms with Gasteiger partial charge in [0.15, 0.2) is 0 Å². The number of hydrogen-bond acceptors (Lipinski definition) is 2. The Balaban J connectivity index is 2.18. The number of para-hydroxylation sites is 1. The van der Waals surface area contributed by atoms with Gasteiger partial charge in [-0.25, -0.2) is 0 Å². The fourth-order valence-corrected chi connectivity index (χ4v) is 2.87. The van der Waals surface area contributed by atoms with E-state index in [1.807, 2.05) is 6.92 Å². The summed E-state index contributed by atoms with van der Waals surface area (Å²) in [5.74, 6) is -1.24. The van der Waals surface area contributed by atoms with Gasteiger partial charge in [0.2, 0.25) is 11.8 Å². The first-order chi connectivity index (χ1) is 11.3. The zero-order chi connectivity index (χ0) is 17.9. The van der Waals surface area contributed by atoms with Crippen LogP contribution in [0.25, 0.3) is 0 Å². The minimum atomic E-state index is -4.54. The van der Waals surface area contributed by atoms with Crippen molar-refractivity contribution in [1.29, 1.82) is 0 Å². The molecule has 1 fully saturated rings. The van der Waals surface area contributed by atoms with Crippen molar-refractivity contribution in [1.82, 2.24) is 4.90 Å². The van der Waals surface area contributed by atoms with Crippen molar-refractivity contribution < 1.29 is 22.8 Å². The molecule has 0 bridgehead atoms. The van der Waals surface area contributed by atoms with Crippen LogP contribution in [-0.2, 0) is 15.8 Å². The van der Waals surface area contributed by atoms with Crippen LogP contribution in [0.15, 0.2) is 24.3 Å². The number of alkyl halides is 3. The molecule has 1 aliphatic rings. The molecule has 0 radical (unpaired) electrons. The highest BCUT2D eigenvalue weighted by Gasteiger charge is 2.41. The van der Waals surface area contributed by atoms with E-state index < -0.39 is 23.6 Å². The number of anilines is 1. The monoisotopic (exact) mass is 342 g/mol. The summed E-state index contributed by atoms with van der Waals surface area (Å²) in [6.45, 7) is 2.58. The van der Waals surface area contributed by atoms with E-state index in [0.29, 0.717) is 6.54 Å². The maximum Gasteiger partial charge on any atom is 0.418 e. The van der Waals surface area contributed by atoms with Crippen molar-refractivity contribution in [3.63, 3.8) is 0 Å². The fourth-order valence-electron chi connectivity index (χ4n) is 2.87. The second-order valence-corrected chi connectivity index (χ2v) is 6.03. The molecule has 0 spiro atoms. The Kier molecular flexibility index (Phi) is 5.51. The highest BCUT2D eigenvalue weighted by molar-refractivity contribution is 6.00. The predicted molar refractivity (Wildman–Crippen MR) is 84.4 cm³/mol. The molecule has 2 rings (SSSR count). The van der Waals surface area contributed by atoms with E-state index in [9.17, 15) is 22.8 Å². The van der Waals surface area contributed by atoms with Gasteiger partial charge < -0.3 is 9.80 Å². The Hall–Kier alpha value is -2.05. The van der Waals surface area contributed by atoms with Gasteiger partial charge in [-0.2, -0.15) is 13.2 Å². The van der Waals surface area contributed by atoms with Gasteiger partial charge in [-0.1, -0.05) is 25.5 Å². The Labute approximate surface area is 139 Å². The molecule has 4 nitrogen and oxygen atoms in total. The van der Waals surface area contributed by atoms with Gasteiger partial charge in [0.05, 0.1) is 17.2 Å². The summed E-state index contributed by atoms with van der Waals surface area (Å²) in [5.41, 5.74) is -1.03. The highest BCUT2D eigenvalue weighted by Crippen LogP contribution is 2.38. The SMILES string of the molecule is CCCCN(C)C(=O)C1CC(=O)N(c2ccccc2C(F)(F)F)C1. The van der Waals surface area contributed by atoms with Gasteiger partial charge >= 0.3 is 6.18 Å². The molecule has 0 aromatic heterocycles. The number of halogens is 3. The van der Waals surface area contributed by atoms with Crippen LogP contribution in [0.4, 0.5) is 18.9 Å². The van der Waals surface area contributed by atoms with Crippen molar-refractivity contribution in [3.05, 3.63) is 29.8 Å². The first-order valence-corrected chi connectivity index (χ1v) is 7.97. The lowest BCUT2D eigenvalue weighted by Gasteiger charge is -2.23. The Morgan fingerprint density at radius 2 is 2.00 bits per heavy atom. The summed E-state index contributed by atoms with van der Waals surface area (Å²) in [5, 5.41) is 0. The average Bonchev–Trinajstić information content (AvgIpc) is 2.92. The fraction of sp³-hybridized carbons (Fsp3) is 0.529. The summed E-state index contributed by atoms with van der Waals surface area (Å²) in [7, 11) is 1.66. The standard InChI is InChI=1S/C17H21F3N2O2/c1-3-4-9-21(2)16(24)12-10-15(23)22(11-12)14-8-6-5-7-13(14)17(18,19)20/h5-8,12H,3-4,9-11H2,1-2H3. The van der Waals surface area contributed by atoms with Crippen molar-refractivity contribution in [3.8, 4) is 0 Å². The second-order valence-electron chi connectivity index (χ2n) is 6.03. The number of rotatable bonds is 5. The van der Waals surface area contributed by atoms with Gasteiger partial charge in [-0.3, -0.25) is 9.59 Å². The van der Waals surface area contributed by atoms with Crippen LogP contribution in [0.1, 0.15) is 31.7 Å². The molecule has 0 N–H and O–H groups in total. The first-order valence-electron chi connectivity index (χ1n) is 7.97. The Morgan fingerprint density at radius 3 is 2.62 bits per heavy atom. The Bertz CT molecular complexity index is 616. The molecule has 1 aliphatic heterocycles. The summed E-state index contributed by atoms with van der Waals surface area (Å²) in [6.07, 6.45) is -2.81. The van der Waals surface area contributed by atoms with E-state index in [0.717, 1.165) is 23.8 Å². The summed E-state index contributed by atoms with van der Waals surface area (Å²) < 4.78 is 39.4. The van der Waals surface area contributed by atoms with E-state index in [-0.39, 0.29) is 24.6 Å². The second kappa shape index (κ2) is 7.23. The van der Waals surface area contributed by atoms with Crippen molar-refractivity contribution in [2.45, 2.75) is 32.4 Å². The normalized spacial score (nSPS) is 18.1. The molecule has 0 saturated carbocycles. The number of carbonyl (C=O) groups is 2. The summed E-state index contributed by atoms with van der Waals surface area (Å²) >= 11 is 0. The molecule has 2 amide bonds. The largest absolute Gasteiger partial charge is 0.418 e. The van der Waals surface area contributed by atoms with Crippen LogP contribution < -0.4 is 4.90 Å². The topological polar surface area (TPSA) is 40.6 Å². The zero-order valence-corrected chi connectivity index (χ0v) is 13.8. The summed E-state index contributed by atoms with van der Waals surface area (Å²) in [4.78, 5) is 27.2. The minimum Gasteiger partial charge on any atom is -0.345 e. The molecular weight excluding hydrogens is 321 g/mol. The van der Waals surface area contributed by atoms with Gasteiger partial charge in [0, 0.05) is 26.6 Å². The van der Waals surface area contributed by atoms with Gasteiger partial charge in [0.25, 0.3) is 0 Å². The van der Waals surface area contributed by atoms with E-state index >= 15 is 0 Å². The number of amides is 2. The molecule has 7 heteroatoms. The molecule has 24 heavy (non-hydrogen) atoms. The maximum absolute atomic E-state index is 13.1. The smallest absolute Gasteiger partial charge is 0.345 e. The third kappa shape index (κ3) is 3.88. The lowest BCUT2D eigenvalue weighted by Crippen LogP contribution is -2.35. The van der Waals surface area contributed by atoms with E-state index in [1.165, 1.54) is 18.2 Å². The van der Waals surface area contributed by atoms with Crippen LogP contribution in [-0.4, -0.2) is 36.9 Å². The number of benzene rings is 1. The number of nitrogens with zero attached hydrogens (tertiary/aromatic N) is 2. The molecule has 1 unspecified atom stereocenters. The average molecular weight is 342 g/mol. The van der Waals surface area contributed by atoms with Crippen molar-refractivity contribution in [2.75, 3.05) is 25.0 Å². The zero-order valence-electron chi connectivity index (χ0n) is 13.8. The van der Waals surface area contributed by atoms with Crippen LogP contribution in [0.3, 0.4) is 0 Å². The van der Waals surface area contributed by atoms with Gasteiger partial charge in [-0.05, 0) is 18.6 Å².